The van der Waals surface area contributed by atoms with Gasteiger partial charge in [-0.2, -0.15) is 5.10 Å². The van der Waals surface area contributed by atoms with Gasteiger partial charge in [0, 0.05) is 59.7 Å². The number of carbonyl (C=O) groups is 1. The molecule has 1 saturated heterocycles. The number of fused-ring (bicyclic) bond motifs is 1. The summed E-state index contributed by atoms with van der Waals surface area (Å²) in [6.45, 7) is 6.13. The molecule has 4 aromatic rings. The minimum Gasteiger partial charge on any atom is -0.305 e. The Labute approximate surface area is 191 Å². The molecule has 5 heterocycles. The third kappa shape index (κ3) is 4.10. The standard InChI is InChI=1S/C25H27N5OS/c1-16-5-7-32-25(16)23-15-29(3)14-19(23)10-22(31)11-20-9-18-12-28-30(24(18)13-27-20)21-4-6-26-17(2)8-21/h4-9,12-13,19,23H,10-11,14-15H2,1-3H3/t19-,23-/m0/s1. The van der Waals surface area contributed by atoms with Crippen molar-refractivity contribution in [2.45, 2.75) is 32.6 Å². The summed E-state index contributed by atoms with van der Waals surface area (Å²) < 4.78 is 1.87. The number of aromatic nitrogens is 4. The lowest BCUT2D eigenvalue weighted by Crippen LogP contribution is -2.18. The minimum absolute atomic E-state index is 0.258. The highest BCUT2D eigenvalue weighted by molar-refractivity contribution is 7.10. The average molecular weight is 446 g/mol. The lowest BCUT2D eigenvalue weighted by atomic mass is 9.88. The Balaban J connectivity index is 1.31. The molecule has 7 heteroatoms. The van der Waals surface area contributed by atoms with Crippen molar-refractivity contribution < 1.29 is 4.79 Å². The van der Waals surface area contributed by atoms with Crippen molar-refractivity contribution in [2.24, 2.45) is 5.92 Å². The van der Waals surface area contributed by atoms with Crippen molar-refractivity contribution in [3.8, 4) is 5.69 Å². The van der Waals surface area contributed by atoms with Crippen LogP contribution in [0.3, 0.4) is 0 Å². The molecule has 0 N–H and O–H groups in total. The number of hydrogen-bond acceptors (Lipinski definition) is 6. The number of Topliss-reactive ketones (excluding diaryl/α,β-unsaturated/α-hetero) is 1. The summed E-state index contributed by atoms with van der Waals surface area (Å²) in [4.78, 5) is 25.6. The number of pyridine rings is 2. The number of nitrogens with zero attached hydrogens (tertiary/aromatic N) is 5. The van der Waals surface area contributed by atoms with Crippen molar-refractivity contribution in [1.29, 1.82) is 0 Å². The van der Waals surface area contributed by atoms with Crippen LogP contribution in [0.5, 0.6) is 0 Å². The maximum atomic E-state index is 13.0. The number of ketones is 1. The highest BCUT2D eigenvalue weighted by Crippen LogP contribution is 2.38. The first-order valence-electron chi connectivity index (χ1n) is 11.0. The number of likely N-dealkylation sites (tertiary alicyclic amines) is 1. The van der Waals surface area contributed by atoms with Crippen LogP contribution < -0.4 is 0 Å². The van der Waals surface area contributed by atoms with Gasteiger partial charge in [0.1, 0.15) is 5.78 Å². The molecule has 6 nitrogen and oxygen atoms in total. The van der Waals surface area contributed by atoms with Crippen LogP contribution in [0.1, 0.15) is 34.2 Å². The van der Waals surface area contributed by atoms with Gasteiger partial charge in [0.05, 0.1) is 23.6 Å². The van der Waals surface area contributed by atoms with E-state index in [0.29, 0.717) is 24.7 Å². The molecule has 1 fully saturated rings. The van der Waals surface area contributed by atoms with Gasteiger partial charge in [-0.25, -0.2) is 4.68 Å². The summed E-state index contributed by atoms with van der Waals surface area (Å²) in [7, 11) is 2.15. The second-order valence-electron chi connectivity index (χ2n) is 8.92. The van der Waals surface area contributed by atoms with E-state index in [2.05, 4.69) is 45.4 Å². The number of likely N-dealkylation sites (N-methyl/N-ethyl adjacent to an activating group) is 1. The van der Waals surface area contributed by atoms with E-state index in [1.807, 2.05) is 53.5 Å². The smallest absolute Gasteiger partial charge is 0.139 e. The lowest BCUT2D eigenvalue weighted by Gasteiger charge is -2.17. The molecule has 1 aliphatic rings. The fourth-order valence-corrected chi connectivity index (χ4v) is 5.97. The number of hydrogen-bond donors (Lipinski definition) is 0. The van der Waals surface area contributed by atoms with Gasteiger partial charge in [-0.1, -0.05) is 0 Å². The quantitative estimate of drug-likeness (QED) is 0.442. The van der Waals surface area contributed by atoms with Gasteiger partial charge in [-0.15, -0.1) is 11.3 Å². The Bertz CT molecular complexity index is 1280. The number of thiophene rings is 1. The van der Waals surface area contributed by atoms with Crippen molar-refractivity contribution >= 4 is 28.0 Å². The van der Waals surface area contributed by atoms with Crippen LogP contribution in [0.4, 0.5) is 0 Å². The van der Waals surface area contributed by atoms with E-state index >= 15 is 0 Å². The second kappa shape index (κ2) is 8.56. The van der Waals surface area contributed by atoms with Crippen LogP contribution in [0.15, 0.2) is 48.2 Å². The van der Waals surface area contributed by atoms with E-state index in [9.17, 15) is 4.79 Å². The van der Waals surface area contributed by atoms with Crippen molar-refractivity contribution in [3.63, 3.8) is 0 Å². The normalized spacial score (nSPS) is 19.1. The monoisotopic (exact) mass is 445 g/mol. The fourth-order valence-electron chi connectivity index (χ4n) is 4.86. The Morgan fingerprint density at radius 3 is 2.81 bits per heavy atom. The molecule has 0 bridgehead atoms. The summed E-state index contributed by atoms with van der Waals surface area (Å²) in [6, 6.07) is 8.10. The molecule has 0 unspecified atom stereocenters. The molecule has 0 aromatic carbocycles. The molecule has 0 radical (unpaired) electrons. The third-order valence-electron chi connectivity index (χ3n) is 6.37. The van der Waals surface area contributed by atoms with Crippen LogP contribution in [-0.2, 0) is 11.2 Å². The predicted octanol–water partition coefficient (Wildman–Crippen LogP) is 4.34. The summed E-state index contributed by atoms with van der Waals surface area (Å²) in [5.74, 6) is 1.07. The summed E-state index contributed by atoms with van der Waals surface area (Å²) in [6.07, 6.45) is 6.40. The molecule has 4 aromatic heterocycles. The molecule has 32 heavy (non-hydrogen) atoms. The molecule has 0 aliphatic carbocycles. The molecular formula is C25H27N5OS. The Kier molecular flexibility index (Phi) is 5.61. The summed E-state index contributed by atoms with van der Waals surface area (Å²) in [5.41, 5.74) is 4.98. The first-order valence-corrected chi connectivity index (χ1v) is 11.9. The van der Waals surface area contributed by atoms with Crippen LogP contribution in [0.25, 0.3) is 16.6 Å². The summed E-state index contributed by atoms with van der Waals surface area (Å²) >= 11 is 1.82. The first kappa shape index (κ1) is 21.0. The van der Waals surface area contributed by atoms with Crippen LogP contribution >= 0.6 is 11.3 Å². The predicted molar refractivity (Wildman–Crippen MR) is 128 cm³/mol. The SMILES string of the molecule is Cc1cc(-n2ncc3cc(CC(=O)C[C@H]4CN(C)C[C@@H]4c4sccc4C)ncc32)ccn1. The third-order valence-corrected chi connectivity index (χ3v) is 7.52. The zero-order valence-electron chi connectivity index (χ0n) is 18.7. The molecule has 0 saturated carbocycles. The van der Waals surface area contributed by atoms with Gasteiger partial charge >= 0.3 is 0 Å². The Hall–Kier alpha value is -2.90. The van der Waals surface area contributed by atoms with Gasteiger partial charge in [-0.3, -0.25) is 14.8 Å². The molecule has 0 spiro atoms. The topological polar surface area (TPSA) is 63.9 Å². The highest BCUT2D eigenvalue weighted by Gasteiger charge is 2.34. The van der Waals surface area contributed by atoms with Crippen molar-refractivity contribution in [2.75, 3.05) is 20.1 Å². The molecule has 5 rings (SSSR count). The summed E-state index contributed by atoms with van der Waals surface area (Å²) in [5, 5.41) is 7.68. The van der Waals surface area contributed by atoms with E-state index in [1.165, 1.54) is 10.4 Å². The maximum absolute atomic E-state index is 13.0. The minimum atomic E-state index is 0.258. The highest BCUT2D eigenvalue weighted by atomic mass is 32.1. The van der Waals surface area contributed by atoms with Crippen LogP contribution in [0, 0.1) is 19.8 Å². The Morgan fingerprint density at radius 2 is 2.03 bits per heavy atom. The van der Waals surface area contributed by atoms with Gasteiger partial charge < -0.3 is 4.90 Å². The van der Waals surface area contributed by atoms with E-state index in [-0.39, 0.29) is 5.78 Å². The molecule has 2 atom stereocenters. The van der Waals surface area contributed by atoms with Gasteiger partial charge in [0.25, 0.3) is 0 Å². The fraction of sp³-hybridized carbons (Fsp3) is 0.360. The lowest BCUT2D eigenvalue weighted by molar-refractivity contribution is -0.119. The van der Waals surface area contributed by atoms with E-state index in [4.69, 9.17) is 0 Å². The van der Waals surface area contributed by atoms with Crippen LogP contribution in [-0.4, -0.2) is 50.6 Å². The molecule has 164 valence electrons. The first-order chi connectivity index (χ1) is 15.5. The van der Waals surface area contributed by atoms with Crippen LogP contribution in [0.2, 0.25) is 0 Å². The molecule has 1 aliphatic heterocycles. The largest absolute Gasteiger partial charge is 0.305 e. The zero-order valence-corrected chi connectivity index (χ0v) is 19.5. The number of carbonyl (C=O) groups excluding carboxylic acids is 1. The van der Waals surface area contributed by atoms with Gasteiger partial charge in [0.2, 0.25) is 0 Å². The van der Waals surface area contributed by atoms with E-state index < -0.39 is 0 Å². The van der Waals surface area contributed by atoms with E-state index in [1.54, 1.807) is 6.20 Å². The zero-order chi connectivity index (χ0) is 22.2. The van der Waals surface area contributed by atoms with Gasteiger partial charge in [0.15, 0.2) is 0 Å². The maximum Gasteiger partial charge on any atom is 0.139 e. The average Bonchev–Trinajstić information content (AvgIpc) is 3.46. The number of aryl methyl sites for hydroxylation is 2. The van der Waals surface area contributed by atoms with Crippen molar-refractivity contribution in [3.05, 3.63) is 70.1 Å². The Morgan fingerprint density at radius 1 is 1.16 bits per heavy atom. The molecular weight excluding hydrogens is 418 g/mol. The van der Waals surface area contributed by atoms with Crippen molar-refractivity contribution in [1.82, 2.24) is 24.6 Å². The van der Waals surface area contributed by atoms with Gasteiger partial charge in [-0.05, 0) is 62.0 Å². The van der Waals surface area contributed by atoms with E-state index in [0.717, 1.165) is 41.1 Å². The number of rotatable bonds is 6. The molecule has 0 amide bonds. The second-order valence-corrected chi connectivity index (χ2v) is 9.87.